The van der Waals surface area contributed by atoms with Crippen molar-refractivity contribution in [2.45, 2.75) is 13.5 Å². The second-order valence-electron chi connectivity index (χ2n) is 5.07. The Bertz CT molecular complexity index is 704. The lowest BCUT2D eigenvalue weighted by Gasteiger charge is -2.32. The van der Waals surface area contributed by atoms with Crippen molar-refractivity contribution >= 4 is 17.6 Å². The molecule has 2 rings (SSSR count). The maximum atomic E-state index is 12.7. The van der Waals surface area contributed by atoms with Gasteiger partial charge in [0.15, 0.2) is 0 Å². The third-order valence-corrected chi connectivity index (χ3v) is 3.46. The van der Waals surface area contributed by atoms with Gasteiger partial charge in [-0.3, -0.25) is 0 Å². The highest BCUT2D eigenvalue weighted by Crippen LogP contribution is 2.35. The number of alkyl halides is 2. The van der Waals surface area contributed by atoms with Crippen molar-refractivity contribution in [3.05, 3.63) is 35.0 Å². The molecular formula is C16H17F2NO6. The first-order valence-corrected chi connectivity index (χ1v) is 7.19. The van der Waals surface area contributed by atoms with E-state index in [0.29, 0.717) is 5.56 Å². The molecule has 7 nitrogen and oxygen atoms in total. The summed E-state index contributed by atoms with van der Waals surface area (Å²) in [7, 11) is 2.30. The molecule has 1 aromatic rings. The summed E-state index contributed by atoms with van der Waals surface area (Å²) in [5.41, 5.74) is 0.578. The van der Waals surface area contributed by atoms with Gasteiger partial charge in [-0.2, -0.15) is 8.78 Å². The second-order valence-corrected chi connectivity index (χ2v) is 5.07. The van der Waals surface area contributed by atoms with E-state index in [-0.39, 0.29) is 36.0 Å². The summed E-state index contributed by atoms with van der Waals surface area (Å²) in [4.78, 5) is 25.4. The normalized spacial score (nSPS) is 14.6. The van der Waals surface area contributed by atoms with E-state index in [4.69, 9.17) is 9.47 Å². The molecule has 136 valence electrons. The number of methoxy groups -OCH3 is 2. The van der Waals surface area contributed by atoms with E-state index in [2.05, 4.69) is 9.47 Å². The number of ether oxygens (including phenoxy) is 4. The van der Waals surface area contributed by atoms with Gasteiger partial charge in [0.1, 0.15) is 18.2 Å². The van der Waals surface area contributed by atoms with Crippen molar-refractivity contribution in [2.24, 2.45) is 0 Å². The van der Waals surface area contributed by atoms with Gasteiger partial charge in [0.25, 0.3) is 0 Å². The molecule has 0 fully saturated rings. The Balaban J connectivity index is 2.59. The predicted octanol–water partition coefficient (Wildman–Crippen LogP) is 1.99. The number of rotatable bonds is 5. The quantitative estimate of drug-likeness (QED) is 0.746. The van der Waals surface area contributed by atoms with Crippen LogP contribution in [0.3, 0.4) is 0 Å². The third-order valence-electron chi connectivity index (χ3n) is 3.46. The average molecular weight is 357 g/mol. The Morgan fingerprint density at radius 2 is 1.88 bits per heavy atom. The Morgan fingerprint density at radius 1 is 1.20 bits per heavy atom. The van der Waals surface area contributed by atoms with Crippen molar-refractivity contribution in [3.8, 4) is 5.75 Å². The molecule has 1 heterocycles. The summed E-state index contributed by atoms with van der Waals surface area (Å²) < 4.78 is 44.7. The molecule has 25 heavy (non-hydrogen) atoms. The maximum absolute atomic E-state index is 12.7. The van der Waals surface area contributed by atoms with E-state index >= 15 is 0 Å². The van der Waals surface area contributed by atoms with Gasteiger partial charge in [0, 0.05) is 0 Å². The Morgan fingerprint density at radius 3 is 2.48 bits per heavy atom. The van der Waals surface area contributed by atoms with Crippen LogP contribution in [0.4, 0.5) is 14.5 Å². The topological polar surface area (TPSA) is 74.3 Å². The fourth-order valence-electron chi connectivity index (χ4n) is 2.37. The molecule has 0 N–H and O–H groups in total. The molecule has 0 radical (unpaired) electrons. The first-order chi connectivity index (χ1) is 11.9. The minimum atomic E-state index is -3.06. The standard InChI is InChI=1S/C16H17F2NO6/c1-9-4-5-11(12(6-9)25-16(17)18)19-8-24-7-10(14(20)22-2)13(19)15(21)23-3/h4-6,16H,7-8H2,1-3H3. The molecule has 0 amide bonds. The van der Waals surface area contributed by atoms with Crippen molar-refractivity contribution < 1.29 is 37.3 Å². The molecule has 0 spiro atoms. The number of hydrogen-bond donors (Lipinski definition) is 0. The van der Waals surface area contributed by atoms with E-state index in [1.165, 1.54) is 17.0 Å². The zero-order chi connectivity index (χ0) is 18.6. The maximum Gasteiger partial charge on any atom is 0.387 e. The molecular weight excluding hydrogens is 340 g/mol. The van der Waals surface area contributed by atoms with Crippen LogP contribution in [0.1, 0.15) is 5.56 Å². The number of hydrogen-bond acceptors (Lipinski definition) is 7. The molecule has 1 aliphatic heterocycles. The van der Waals surface area contributed by atoms with Crippen molar-refractivity contribution in [1.82, 2.24) is 0 Å². The molecule has 1 aromatic carbocycles. The van der Waals surface area contributed by atoms with Crippen molar-refractivity contribution in [3.63, 3.8) is 0 Å². The van der Waals surface area contributed by atoms with Gasteiger partial charge >= 0.3 is 18.6 Å². The number of benzene rings is 1. The van der Waals surface area contributed by atoms with E-state index in [1.807, 2.05) is 0 Å². The average Bonchev–Trinajstić information content (AvgIpc) is 2.59. The van der Waals surface area contributed by atoms with Gasteiger partial charge < -0.3 is 23.8 Å². The summed E-state index contributed by atoms with van der Waals surface area (Å²) >= 11 is 0. The fraction of sp³-hybridized carbons (Fsp3) is 0.375. The van der Waals surface area contributed by atoms with Crippen LogP contribution in [0.2, 0.25) is 0 Å². The van der Waals surface area contributed by atoms with E-state index in [9.17, 15) is 18.4 Å². The number of aryl methyl sites for hydroxylation is 1. The molecule has 0 saturated heterocycles. The molecule has 0 aromatic heterocycles. The lowest BCUT2D eigenvalue weighted by atomic mass is 10.1. The van der Waals surface area contributed by atoms with Crippen molar-refractivity contribution in [1.29, 1.82) is 0 Å². The Labute approximate surface area is 142 Å². The van der Waals surface area contributed by atoms with Gasteiger partial charge in [0.05, 0.1) is 32.1 Å². The molecule has 0 aliphatic carbocycles. The third kappa shape index (κ3) is 4.05. The number of carbonyl (C=O) groups excluding carboxylic acids is 2. The Hall–Kier alpha value is -2.68. The SMILES string of the molecule is COC(=O)C1=C(C(=O)OC)N(c2ccc(C)cc2OC(F)F)COC1. The molecule has 0 bridgehead atoms. The monoisotopic (exact) mass is 357 g/mol. The molecule has 1 aliphatic rings. The zero-order valence-corrected chi connectivity index (χ0v) is 13.9. The van der Waals surface area contributed by atoms with E-state index in [0.717, 1.165) is 14.2 Å². The van der Waals surface area contributed by atoms with E-state index < -0.39 is 18.6 Å². The van der Waals surface area contributed by atoms with E-state index in [1.54, 1.807) is 13.0 Å². The smallest absolute Gasteiger partial charge is 0.387 e. The Kier molecular flexibility index (Phi) is 5.92. The fourth-order valence-corrected chi connectivity index (χ4v) is 2.37. The summed E-state index contributed by atoms with van der Waals surface area (Å²) in [6, 6.07) is 4.53. The van der Waals surface area contributed by atoms with Gasteiger partial charge in [-0.15, -0.1) is 0 Å². The van der Waals surface area contributed by atoms with Crippen LogP contribution in [-0.2, 0) is 23.8 Å². The number of esters is 2. The second kappa shape index (κ2) is 7.93. The van der Waals surface area contributed by atoms with Crippen LogP contribution in [0.25, 0.3) is 0 Å². The summed E-state index contributed by atoms with van der Waals surface area (Å²) in [5, 5.41) is 0. The largest absolute Gasteiger partial charge is 0.466 e. The summed E-state index contributed by atoms with van der Waals surface area (Å²) in [6.07, 6.45) is 0. The van der Waals surface area contributed by atoms with Gasteiger partial charge in [0.2, 0.25) is 0 Å². The molecule has 0 unspecified atom stereocenters. The first-order valence-electron chi connectivity index (χ1n) is 7.19. The summed E-state index contributed by atoms with van der Waals surface area (Å²) in [5.74, 6) is -1.77. The van der Waals surface area contributed by atoms with Crippen LogP contribution in [0.15, 0.2) is 29.5 Å². The zero-order valence-electron chi connectivity index (χ0n) is 13.9. The minimum Gasteiger partial charge on any atom is -0.466 e. The number of anilines is 1. The number of carbonyl (C=O) groups is 2. The van der Waals surface area contributed by atoms with Crippen molar-refractivity contribution in [2.75, 3.05) is 32.5 Å². The van der Waals surface area contributed by atoms with Gasteiger partial charge in [-0.25, -0.2) is 9.59 Å². The highest BCUT2D eigenvalue weighted by Gasteiger charge is 2.34. The lowest BCUT2D eigenvalue weighted by molar-refractivity contribution is -0.140. The highest BCUT2D eigenvalue weighted by molar-refractivity contribution is 6.03. The minimum absolute atomic E-state index is 0.0795. The number of nitrogens with zero attached hydrogens (tertiary/aromatic N) is 1. The predicted molar refractivity (Wildman–Crippen MR) is 82.2 cm³/mol. The molecule has 9 heteroatoms. The van der Waals surface area contributed by atoms with Crippen LogP contribution in [0.5, 0.6) is 5.75 Å². The van der Waals surface area contributed by atoms with Crippen LogP contribution in [0, 0.1) is 6.92 Å². The lowest BCUT2D eigenvalue weighted by Crippen LogP contribution is -2.39. The van der Waals surface area contributed by atoms with Crippen LogP contribution < -0.4 is 9.64 Å². The number of halogens is 2. The highest BCUT2D eigenvalue weighted by atomic mass is 19.3. The summed E-state index contributed by atoms with van der Waals surface area (Å²) in [6.45, 7) is -1.69. The first kappa shape index (κ1) is 18.7. The molecule has 0 saturated carbocycles. The van der Waals surface area contributed by atoms with Gasteiger partial charge in [-0.1, -0.05) is 6.07 Å². The molecule has 0 atom stereocenters. The van der Waals surface area contributed by atoms with Crippen LogP contribution >= 0.6 is 0 Å². The van der Waals surface area contributed by atoms with Gasteiger partial charge in [-0.05, 0) is 24.6 Å². The van der Waals surface area contributed by atoms with Crippen LogP contribution in [-0.4, -0.2) is 46.1 Å².